The molecule has 1 saturated heterocycles. The van der Waals surface area contributed by atoms with Gasteiger partial charge in [0, 0.05) is 26.1 Å². The molecule has 19 heavy (non-hydrogen) atoms. The molecule has 0 N–H and O–H groups in total. The van der Waals surface area contributed by atoms with Gasteiger partial charge in [0.05, 0.1) is 0 Å². The first kappa shape index (κ1) is 12.4. The van der Waals surface area contributed by atoms with Crippen LogP contribution in [0.4, 0.5) is 4.79 Å². The average Bonchev–Trinajstić information content (AvgIpc) is 2.68. The highest BCUT2D eigenvalue weighted by atomic mass is 16.6. The number of likely N-dealkylation sites (tertiary alicyclic amines) is 1. The maximum absolute atomic E-state index is 11.9. The van der Waals surface area contributed by atoms with E-state index >= 15 is 0 Å². The second-order valence-corrected chi connectivity index (χ2v) is 6.40. The Morgan fingerprint density at radius 2 is 1.95 bits per heavy atom. The summed E-state index contributed by atoms with van der Waals surface area (Å²) < 4.78 is 7.10. The van der Waals surface area contributed by atoms with Crippen LogP contribution in [0.2, 0.25) is 0 Å². The lowest BCUT2D eigenvalue weighted by atomic mass is 10.2. The van der Waals surface area contributed by atoms with Crippen LogP contribution in [0.5, 0.6) is 0 Å². The van der Waals surface area contributed by atoms with Gasteiger partial charge in [-0.3, -0.25) is 0 Å². The molecule has 3 rings (SSSR count). The molecule has 7 heteroatoms. The van der Waals surface area contributed by atoms with Crippen molar-refractivity contribution in [2.45, 2.75) is 32.3 Å². The second kappa shape index (κ2) is 3.91. The number of rotatable bonds is 1. The van der Waals surface area contributed by atoms with Crippen molar-refractivity contribution < 1.29 is 9.53 Å². The molecule has 104 valence electrons. The van der Waals surface area contributed by atoms with Gasteiger partial charge in [0.1, 0.15) is 5.60 Å². The van der Waals surface area contributed by atoms with E-state index in [2.05, 4.69) is 15.5 Å². The van der Waals surface area contributed by atoms with Crippen LogP contribution in [-0.2, 0) is 11.8 Å². The summed E-state index contributed by atoms with van der Waals surface area (Å²) in [5.74, 6) is 2.30. The Kier molecular flexibility index (Phi) is 2.55. The molecule has 1 aromatic heterocycles. The number of hydrogen-bond acceptors (Lipinski definition) is 5. The first-order valence-electron chi connectivity index (χ1n) is 6.57. The third kappa shape index (κ3) is 2.17. The first-order chi connectivity index (χ1) is 8.87. The summed E-state index contributed by atoms with van der Waals surface area (Å²) >= 11 is 0. The molecule has 3 atom stereocenters. The van der Waals surface area contributed by atoms with Crippen molar-refractivity contribution in [1.29, 1.82) is 0 Å². The van der Waals surface area contributed by atoms with Gasteiger partial charge in [-0.05, 0) is 43.0 Å². The maximum atomic E-state index is 11.9. The lowest BCUT2D eigenvalue weighted by molar-refractivity contribution is 0.0270. The molecule has 2 heterocycles. The summed E-state index contributed by atoms with van der Waals surface area (Å²) in [6, 6.07) is 0. The number of piperidine rings is 1. The number of amides is 1. The van der Waals surface area contributed by atoms with Crippen LogP contribution in [-0.4, -0.2) is 49.9 Å². The van der Waals surface area contributed by atoms with Gasteiger partial charge >= 0.3 is 6.09 Å². The molecule has 2 unspecified atom stereocenters. The molecule has 1 aromatic rings. The Labute approximate surface area is 111 Å². The Bertz CT molecular complexity index is 494. The van der Waals surface area contributed by atoms with Crippen LogP contribution in [0.15, 0.2) is 0 Å². The molecule has 1 saturated carbocycles. The van der Waals surface area contributed by atoms with E-state index in [0.29, 0.717) is 17.8 Å². The number of carbonyl (C=O) groups is 1. The normalized spacial score (nSPS) is 29.3. The summed E-state index contributed by atoms with van der Waals surface area (Å²) in [5.41, 5.74) is -0.434. The number of ether oxygens (including phenoxy) is 1. The molecule has 1 aliphatic carbocycles. The lowest BCUT2D eigenvalue weighted by Crippen LogP contribution is -2.37. The predicted molar refractivity (Wildman–Crippen MR) is 66.3 cm³/mol. The summed E-state index contributed by atoms with van der Waals surface area (Å²) in [5, 5.41) is 11.6. The van der Waals surface area contributed by atoms with Gasteiger partial charge in [-0.25, -0.2) is 9.48 Å². The molecule has 0 bridgehead atoms. The van der Waals surface area contributed by atoms with E-state index in [1.807, 2.05) is 27.8 Å². The van der Waals surface area contributed by atoms with Crippen molar-refractivity contribution in [1.82, 2.24) is 25.1 Å². The fourth-order valence-corrected chi connectivity index (χ4v) is 2.90. The average molecular weight is 265 g/mol. The smallest absolute Gasteiger partial charge is 0.410 e. The SMILES string of the molecule is Cn1nnnc1C1C2CN(C(=O)OC(C)(C)C)C[C@@H]21. The minimum Gasteiger partial charge on any atom is -0.444 e. The van der Waals surface area contributed by atoms with E-state index < -0.39 is 5.60 Å². The monoisotopic (exact) mass is 265 g/mol. The van der Waals surface area contributed by atoms with Gasteiger partial charge in [0.2, 0.25) is 0 Å². The molecular weight excluding hydrogens is 246 g/mol. The van der Waals surface area contributed by atoms with E-state index in [1.54, 1.807) is 9.58 Å². The van der Waals surface area contributed by atoms with E-state index in [-0.39, 0.29) is 6.09 Å². The number of hydrogen-bond donors (Lipinski definition) is 0. The van der Waals surface area contributed by atoms with E-state index in [4.69, 9.17) is 4.74 Å². The van der Waals surface area contributed by atoms with E-state index in [1.165, 1.54) is 0 Å². The third-order valence-electron chi connectivity index (χ3n) is 3.80. The topological polar surface area (TPSA) is 73.1 Å². The number of aryl methyl sites for hydroxylation is 1. The van der Waals surface area contributed by atoms with Crippen LogP contribution in [0.3, 0.4) is 0 Å². The van der Waals surface area contributed by atoms with Crippen molar-refractivity contribution in [3.63, 3.8) is 0 Å². The Balaban J connectivity index is 1.59. The number of nitrogens with zero attached hydrogens (tertiary/aromatic N) is 5. The molecule has 0 spiro atoms. The van der Waals surface area contributed by atoms with Gasteiger partial charge in [0.25, 0.3) is 0 Å². The predicted octanol–water partition coefficient (Wildman–Crippen LogP) is 0.790. The van der Waals surface area contributed by atoms with E-state index in [9.17, 15) is 4.79 Å². The van der Waals surface area contributed by atoms with Gasteiger partial charge in [0.15, 0.2) is 5.82 Å². The highest BCUT2D eigenvalue weighted by Crippen LogP contribution is 2.57. The molecule has 2 aliphatic rings. The standard InChI is InChI=1S/C12H19N5O2/c1-12(2,3)19-11(18)17-5-7-8(6-17)9(7)10-13-14-15-16(10)4/h7-9H,5-6H2,1-4H3/t7-,8?,9?/m0/s1. The van der Waals surface area contributed by atoms with Gasteiger partial charge in [-0.15, -0.1) is 5.10 Å². The minimum absolute atomic E-state index is 0.213. The second-order valence-electron chi connectivity index (χ2n) is 6.40. The van der Waals surface area contributed by atoms with Crippen molar-refractivity contribution in [3.05, 3.63) is 5.82 Å². The summed E-state index contributed by atoms with van der Waals surface area (Å²) in [6.07, 6.45) is -0.213. The Morgan fingerprint density at radius 1 is 1.32 bits per heavy atom. The summed E-state index contributed by atoms with van der Waals surface area (Å²) in [6.45, 7) is 7.15. The number of fused-ring (bicyclic) bond motifs is 1. The van der Waals surface area contributed by atoms with Crippen molar-refractivity contribution in [3.8, 4) is 0 Å². The maximum Gasteiger partial charge on any atom is 0.410 e. The molecule has 2 fully saturated rings. The van der Waals surface area contributed by atoms with Crippen molar-refractivity contribution in [2.75, 3.05) is 13.1 Å². The summed E-state index contributed by atoms with van der Waals surface area (Å²) in [4.78, 5) is 13.7. The van der Waals surface area contributed by atoms with Crippen LogP contribution in [0.25, 0.3) is 0 Å². The quantitative estimate of drug-likeness (QED) is 0.750. The molecule has 1 amide bonds. The zero-order chi connectivity index (χ0) is 13.8. The van der Waals surface area contributed by atoms with E-state index in [0.717, 1.165) is 18.9 Å². The number of aromatic nitrogens is 4. The Hall–Kier alpha value is -1.66. The zero-order valence-corrected chi connectivity index (χ0v) is 11.7. The number of tetrazole rings is 1. The van der Waals surface area contributed by atoms with Gasteiger partial charge in [-0.1, -0.05) is 0 Å². The van der Waals surface area contributed by atoms with Crippen LogP contribution in [0.1, 0.15) is 32.5 Å². The fourth-order valence-electron chi connectivity index (χ4n) is 2.90. The Morgan fingerprint density at radius 3 is 2.42 bits per heavy atom. The largest absolute Gasteiger partial charge is 0.444 e. The minimum atomic E-state index is -0.434. The molecular formula is C12H19N5O2. The van der Waals surface area contributed by atoms with Crippen LogP contribution in [0, 0.1) is 11.8 Å². The number of carbonyl (C=O) groups excluding carboxylic acids is 1. The van der Waals surface area contributed by atoms with Gasteiger partial charge in [-0.2, -0.15) is 0 Å². The molecule has 7 nitrogen and oxygen atoms in total. The summed E-state index contributed by atoms with van der Waals surface area (Å²) in [7, 11) is 1.86. The van der Waals surface area contributed by atoms with Gasteiger partial charge < -0.3 is 9.64 Å². The van der Waals surface area contributed by atoms with Crippen molar-refractivity contribution in [2.24, 2.45) is 18.9 Å². The van der Waals surface area contributed by atoms with Crippen LogP contribution >= 0.6 is 0 Å². The highest BCUT2D eigenvalue weighted by molar-refractivity contribution is 5.69. The molecule has 0 aromatic carbocycles. The highest BCUT2D eigenvalue weighted by Gasteiger charge is 2.59. The first-order valence-corrected chi connectivity index (χ1v) is 6.57. The van der Waals surface area contributed by atoms with Crippen molar-refractivity contribution >= 4 is 6.09 Å². The molecule has 1 aliphatic heterocycles. The zero-order valence-electron chi connectivity index (χ0n) is 11.7. The fraction of sp³-hybridized carbons (Fsp3) is 0.833. The third-order valence-corrected chi connectivity index (χ3v) is 3.80. The molecule has 0 radical (unpaired) electrons. The van der Waals surface area contributed by atoms with Crippen LogP contribution < -0.4 is 0 Å². The lowest BCUT2D eigenvalue weighted by Gasteiger charge is -2.25.